The molecule has 9 aromatic rings. The average Bonchev–Trinajstić information content (AvgIpc) is 3.66. The number of benzene rings is 8. The highest BCUT2D eigenvalue weighted by Gasteiger charge is 2.35. The highest BCUT2D eigenvalue weighted by molar-refractivity contribution is 6.10. The summed E-state index contributed by atoms with van der Waals surface area (Å²) in [5.74, 6) is 0. The highest BCUT2D eigenvalue weighted by Crippen LogP contribution is 2.50. The maximum absolute atomic E-state index is 3.83. The van der Waals surface area contributed by atoms with Gasteiger partial charge >= 0.3 is 0 Å². The van der Waals surface area contributed by atoms with E-state index in [1.807, 2.05) is 0 Å². The molecule has 0 aliphatic heterocycles. The Bertz CT molecular complexity index is 2820. The first-order valence-corrected chi connectivity index (χ1v) is 18.4. The van der Waals surface area contributed by atoms with Gasteiger partial charge in [-0.05, 0) is 111 Å². The van der Waals surface area contributed by atoms with Crippen molar-refractivity contribution >= 4 is 33.2 Å². The van der Waals surface area contributed by atoms with Crippen LogP contribution in [0.1, 0.15) is 25.0 Å². The molecule has 8 aromatic carbocycles. The molecule has 2 heteroatoms. The summed E-state index contributed by atoms with van der Waals surface area (Å²) in [4.78, 5) is 0. The average molecular weight is 679 g/mol. The summed E-state index contributed by atoms with van der Waals surface area (Å²) < 4.78 is 2.38. The Morgan fingerprint density at radius 3 is 1.89 bits per heavy atom. The quantitative estimate of drug-likeness (QED) is 0.185. The van der Waals surface area contributed by atoms with Crippen LogP contribution in [0.3, 0.4) is 0 Å². The zero-order chi connectivity index (χ0) is 35.5. The van der Waals surface area contributed by atoms with Crippen LogP contribution in [0, 0.1) is 0 Å². The van der Waals surface area contributed by atoms with Gasteiger partial charge in [0.15, 0.2) is 0 Å². The zero-order valence-corrected chi connectivity index (χ0v) is 29.8. The summed E-state index contributed by atoms with van der Waals surface area (Å²) >= 11 is 0. The standard InChI is InChI=1S/C51H38N2/c1-51(2)46-22-11-9-20-41(46)44-33-38(24-27-47(44)51)43-31-36(25-28-48(43)52-39-17-13-16-35(30-39)34-14-5-3-6-15-34)37-26-29-50-45(32-37)42-21-10-12-23-49(42)53(50)40-18-7-4-8-19-40/h3-33,52H,1-2H3. The van der Waals surface area contributed by atoms with Crippen molar-refractivity contribution < 1.29 is 0 Å². The van der Waals surface area contributed by atoms with Gasteiger partial charge in [0, 0.05) is 38.8 Å². The number of nitrogens with zero attached hydrogens (tertiary/aromatic N) is 1. The minimum atomic E-state index is -0.0421. The summed E-state index contributed by atoms with van der Waals surface area (Å²) in [5.41, 5.74) is 18.2. The van der Waals surface area contributed by atoms with Crippen molar-refractivity contribution in [3.63, 3.8) is 0 Å². The van der Waals surface area contributed by atoms with E-state index in [2.05, 4.69) is 212 Å². The van der Waals surface area contributed by atoms with Crippen molar-refractivity contribution in [1.82, 2.24) is 4.57 Å². The molecule has 1 aromatic heterocycles. The fraction of sp³-hybridized carbons (Fsp3) is 0.0588. The van der Waals surface area contributed by atoms with E-state index in [1.54, 1.807) is 0 Å². The van der Waals surface area contributed by atoms with Crippen LogP contribution in [0.25, 0.3) is 72.0 Å². The monoisotopic (exact) mass is 678 g/mol. The molecule has 1 aliphatic carbocycles. The lowest BCUT2D eigenvalue weighted by atomic mass is 9.82. The van der Waals surface area contributed by atoms with E-state index in [0.29, 0.717) is 0 Å². The molecule has 2 nitrogen and oxygen atoms in total. The molecule has 0 bridgehead atoms. The Balaban J connectivity index is 1.13. The van der Waals surface area contributed by atoms with Gasteiger partial charge in [0.05, 0.1) is 11.0 Å². The molecule has 0 saturated heterocycles. The van der Waals surface area contributed by atoms with Gasteiger partial charge in [-0.3, -0.25) is 0 Å². The lowest BCUT2D eigenvalue weighted by molar-refractivity contribution is 0.660. The highest BCUT2D eigenvalue weighted by atomic mass is 15.0. The summed E-state index contributed by atoms with van der Waals surface area (Å²) in [6.45, 7) is 4.69. The van der Waals surface area contributed by atoms with E-state index in [-0.39, 0.29) is 5.41 Å². The predicted octanol–water partition coefficient (Wildman–Crippen LogP) is 13.8. The second-order valence-corrected chi connectivity index (χ2v) is 14.7. The molecule has 0 radical (unpaired) electrons. The fourth-order valence-electron chi connectivity index (χ4n) is 8.53. The molecule has 1 aliphatic rings. The Morgan fingerprint density at radius 1 is 0.396 bits per heavy atom. The molecule has 0 saturated carbocycles. The first kappa shape index (κ1) is 31.1. The van der Waals surface area contributed by atoms with Crippen molar-refractivity contribution in [3.05, 3.63) is 199 Å². The van der Waals surface area contributed by atoms with Crippen LogP contribution < -0.4 is 5.32 Å². The Morgan fingerprint density at radius 2 is 1.02 bits per heavy atom. The van der Waals surface area contributed by atoms with Crippen LogP contribution in [-0.2, 0) is 5.41 Å². The summed E-state index contributed by atoms with van der Waals surface area (Å²) in [5, 5.41) is 6.34. The van der Waals surface area contributed by atoms with Crippen molar-refractivity contribution in [3.8, 4) is 50.2 Å². The van der Waals surface area contributed by atoms with Gasteiger partial charge in [-0.2, -0.15) is 0 Å². The Labute approximate surface area is 310 Å². The Kier molecular flexibility index (Phi) is 7.19. The fourth-order valence-corrected chi connectivity index (χ4v) is 8.53. The van der Waals surface area contributed by atoms with Crippen LogP contribution in [0.5, 0.6) is 0 Å². The first-order chi connectivity index (χ1) is 26.0. The minimum Gasteiger partial charge on any atom is -0.355 e. The van der Waals surface area contributed by atoms with E-state index in [4.69, 9.17) is 0 Å². The van der Waals surface area contributed by atoms with Crippen LogP contribution >= 0.6 is 0 Å². The summed E-state index contributed by atoms with van der Waals surface area (Å²) in [6, 6.07) is 68.4. The van der Waals surface area contributed by atoms with Crippen LogP contribution in [0.4, 0.5) is 11.4 Å². The van der Waals surface area contributed by atoms with E-state index in [9.17, 15) is 0 Å². The number of hydrogen-bond donors (Lipinski definition) is 1. The summed E-state index contributed by atoms with van der Waals surface area (Å²) in [6.07, 6.45) is 0. The van der Waals surface area contributed by atoms with Crippen molar-refractivity contribution in [2.24, 2.45) is 0 Å². The van der Waals surface area contributed by atoms with E-state index in [0.717, 1.165) is 11.4 Å². The smallest absolute Gasteiger partial charge is 0.0541 e. The summed E-state index contributed by atoms with van der Waals surface area (Å²) in [7, 11) is 0. The Hall–Kier alpha value is -6.64. The molecule has 0 unspecified atom stereocenters. The first-order valence-electron chi connectivity index (χ1n) is 18.4. The molecular formula is C51H38N2. The zero-order valence-electron chi connectivity index (χ0n) is 29.8. The van der Waals surface area contributed by atoms with Crippen molar-refractivity contribution in [2.75, 3.05) is 5.32 Å². The molecule has 0 atom stereocenters. The maximum atomic E-state index is 3.83. The van der Waals surface area contributed by atoms with Gasteiger partial charge in [0.1, 0.15) is 0 Å². The third-order valence-electron chi connectivity index (χ3n) is 11.2. The van der Waals surface area contributed by atoms with Gasteiger partial charge in [-0.1, -0.05) is 141 Å². The number of hydrogen-bond acceptors (Lipinski definition) is 1. The van der Waals surface area contributed by atoms with Crippen LogP contribution in [0.2, 0.25) is 0 Å². The van der Waals surface area contributed by atoms with Crippen LogP contribution in [0.15, 0.2) is 188 Å². The molecule has 0 amide bonds. The van der Waals surface area contributed by atoms with Crippen molar-refractivity contribution in [2.45, 2.75) is 19.3 Å². The number of aromatic nitrogens is 1. The van der Waals surface area contributed by atoms with E-state index in [1.165, 1.54) is 83.1 Å². The largest absolute Gasteiger partial charge is 0.355 e. The third kappa shape index (κ3) is 5.18. The van der Waals surface area contributed by atoms with Gasteiger partial charge in [0.2, 0.25) is 0 Å². The SMILES string of the molecule is CC1(C)c2ccccc2-c2cc(-c3cc(-c4ccc5c(c4)c4ccccc4n5-c4ccccc4)ccc3Nc3cccc(-c4ccccc4)c3)ccc21. The van der Waals surface area contributed by atoms with Gasteiger partial charge in [-0.25, -0.2) is 0 Å². The number of fused-ring (bicyclic) bond motifs is 6. The molecule has 0 spiro atoms. The lowest BCUT2D eigenvalue weighted by Crippen LogP contribution is -2.14. The van der Waals surface area contributed by atoms with Crippen LogP contribution in [-0.4, -0.2) is 4.57 Å². The number of para-hydroxylation sites is 2. The second-order valence-electron chi connectivity index (χ2n) is 14.7. The molecule has 53 heavy (non-hydrogen) atoms. The lowest BCUT2D eigenvalue weighted by Gasteiger charge is -2.21. The normalized spacial score (nSPS) is 12.9. The number of rotatable bonds is 6. The molecular weight excluding hydrogens is 641 g/mol. The topological polar surface area (TPSA) is 17.0 Å². The van der Waals surface area contributed by atoms with Gasteiger partial charge in [0.25, 0.3) is 0 Å². The molecule has 252 valence electrons. The van der Waals surface area contributed by atoms with Gasteiger partial charge < -0.3 is 9.88 Å². The molecule has 0 fully saturated rings. The number of anilines is 2. The number of nitrogens with one attached hydrogen (secondary N) is 1. The van der Waals surface area contributed by atoms with E-state index < -0.39 is 0 Å². The van der Waals surface area contributed by atoms with E-state index >= 15 is 0 Å². The molecule has 10 rings (SSSR count). The second kappa shape index (κ2) is 12.3. The maximum Gasteiger partial charge on any atom is 0.0541 e. The van der Waals surface area contributed by atoms with Gasteiger partial charge in [-0.15, -0.1) is 0 Å². The minimum absolute atomic E-state index is 0.0421. The third-order valence-corrected chi connectivity index (χ3v) is 11.2. The molecule has 1 N–H and O–H groups in total. The molecule has 1 heterocycles. The van der Waals surface area contributed by atoms with Crippen molar-refractivity contribution in [1.29, 1.82) is 0 Å². The predicted molar refractivity (Wildman–Crippen MR) is 224 cm³/mol.